The SMILES string of the molecule is CCCNC(=O)CNc1cccc(-n2nnnc2C)c1. The molecule has 7 heteroatoms. The van der Waals surface area contributed by atoms with Crippen LogP contribution in [0.4, 0.5) is 5.69 Å². The molecule has 106 valence electrons. The number of rotatable bonds is 6. The predicted molar refractivity (Wildman–Crippen MR) is 75.7 cm³/mol. The Kier molecular flexibility index (Phi) is 4.65. The van der Waals surface area contributed by atoms with Gasteiger partial charge in [0.1, 0.15) is 0 Å². The molecule has 0 unspecified atom stereocenters. The van der Waals surface area contributed by atoms with Gasteiger partial charge in [-0.2, -0.15) is 4.68 Å². The quantitative estimate of drug-likeness (QED) is 0.818. The smallest absolute Gasteiger partial charge is 0.239 e. The lowest BCUT2D eigenvalue weighted by molar-refractivity contribution is -0.119. The van der Waals surface area contributed by atoms with Crippen LogP contribution in [-0.2, 0) is 4.79 Å². The number of anilines is 1. The van der Waals surface area contributed by atoms with Crippen LogP contribution in [0.5, 0.6) is 0 Å². The van der Waals surface area contributed by atoms with Crippen molar-refractivity contribution >= 4 is 11.6 Å². The number of nitrogens with zero attached hydrogens (tertiary/aromatic N) is 4. The number of aryl methyl sites for hydroxylation is 1. The monoisotopic (exact) mass is 274 g/mol. The highest BCUT2D eigenvalue weighted by Crippen LogP contribution is 2.14. The van der Waals surface area contributed by atoms with Gasteiger partial charge in [-0.3, -0.25) is 4.79 Å². The van der Waals surface area contributed by atoms with Gasteiger partial charge in [-0.15, -0.1) is 5.10 Å². The fourth-order valence-electron chi connectivity index (χ4n) is 1.73. The zero-order valence-electron chi connectivity index (χ0n) is 11.6. The number of hydrogen-bond donors (Lipinski definition) is 2. The van der Waals surface area contributed by atoms with Crippen molar-refractivity contribution in [2.24, 2.45) is 0 Å². The number of carbonyl (C=O) groups excluding carboxylic acids is 1. The van der Waals surface area contributed by atoms with Crippen LogP contribution in [0.25, 0.3) is 5.69 Å². The predicted octanol–water partition coefficient (Wildman–Crippen LogP) is 0.909. The molecule has 0 bridgehead atoms. The van der Waals surface area contributed by atoms with E-state index in [0.29, 0.717) is 12.4 Å². The molecule has 0 fully saturated rings. The van der Waals surface area contributed by atoms with Crippen molar-refractivity contribution in [2.75, 3.05) is 18.4 Å². The topological polar surface area (TPSA) is 84.7 Å². The van der Waals surface area contributed by atoms with Crippen LogP contribution in [0.2, 0.25) is 0 Å². The molecule has 0 saturated heterocycles. The van der Waals surface area contributed by atoms with Crippen molar-refractivity contribution in [3.05, 3.63) is 30.1 Å². The number of carbonyl (C=O) groups is 1. The molecule has 1 amide bonds. The summed E-state index contributed by atoms with van der Waals surface area (Å²) < 4.78 is 1.64. The Labute approximate surface area is 117 Å². The summed E-state index contributed by atoms with van der Waals surface area (Å²) in [5, 5.41) is 17.3. The molecule has 20 heavy (non-hydrogen) atoms. The maximum Gasteiger partial charge on any atom is 0.239 e. The minimum atomic E-state index is -0.0177. The van der Waals surface area contributed by atoms with Gasteiger partial charge in [-0.05, 0) is 42.0 Å². The summed E-state index contributed by atoms with van der Waals surface area (Å²) in [5.41, 5.74) is 1.70. The molecule has 1 aromatic carbocycles. The Balaban J connectivity index is 2.00. The lowest BCUT2D eigenvalue weighted by Crippen LogP contribution is -2.30. The second kappa shape index (κ2) is 6.65. The van der Waals surface area contributed by atoms with Gasteiger partial charge in [0, 0.05) is 12.2 Å². The summed E-state index contributed by atoms with van der Waals surface area (Å²) in [5.74, 6) is 0.693. The normalized spacial score (nSPS) is 10.3. The van der Waals surface area contributed by atoms with Crippen molar-refractivity contribution in [2.45, 2.75) is 20.3 Å². The van der Waals surface area contributed by atoms with Crippen LogP contribution < -0.4 is 10.6 Å². The van der Waals surface area contributed by atoms with Crippen molar-refractivity contribution in [3.8, 4) is 5.69 Å². The molecular weight excluding hydrogens is 256 g/mol. The first-order valence-corrected chi connectivity index (χ1v) is 6.56. The first kappa shape index (κ1) is 14.0. The summed E-state index contributed by atoms with van der Waals surface area (Å²) in [7, 11) is 0. The van der Waals surface area contributed by atoms with Crippen molar-refractivity contribution < 1.29 is 4.79 Å². The van der Waals surface area contributed by atoms with E-state index < -0.39 is 0 Å². The first-order chi connectivity index (χ1) is 9.70. The minimum absolute atomic E-state index is 0.0177. The summed E-state index contributed by atoms with van der Waals surface area (Å²) in [6, 6.07) is 7.60. The van der Waals surface area contributed by atoms with Gasteiger partial charge in [0.15, 0.2) is 5.82 Å². The second-order valence-corrected chi connectivity index (χ2v) is 4.39. The fourth-order valence-corrected chi connectivity index (χ4v) is 1.73. The van der Waals surface area contributed by atoms with Gasteiger partial charge in [-0.1, -0.05) is 13.0 Å². The number of tetrazole rings is 1. The summed E-state index contributed by atoms with van der Waals surface area (Å²) in [6.45, 7) is 4.80. The Morgan fingerprint density at radius 1 is 1.40 bits per heavy atom. The molecule has 0 atom stereocenters. The second-order valence-electron chi connectivity index (χ2n) is 4.39. The highest BCUT2D eigenvalue weighted by Gasteiger charge is 2.05. The van der Waals surface area contributed by atoms with Gasteiger partial charge in [-0.25, -0.2) is 0 Å². The molecule has 0 spiro atoms. The average Bonchev–Trinajstić information content (AvgIpc) is 2.89. The molecule has 0 aliphatic rings. The van der Waals surface area contributed by atoms with Crippen LogP contribution in [0.3, 0.4) is 0 Å². The van der Waals surface area contributed by atoms with Gasteiger partial charge in [0.2, 0.25) is 5.91 Å². The Morgan fingerprint density at radius 2 is 2.25 bits per heavy atom. The third-order valence-corrected chi connectivity index (χ3v) is 2.74. The van der Waals surface area contributed by atoms with Crippen LogP contribution in [-0.4, -0.2) is 39.2 Å². The maximum absolute atomic E-state index is 11.5. The van der Waals surface area contributed by atoms with E-state index in [-0.39, 0.29) is 12.5 Å². The molecular formula is C13H18N6O. The standard InChI is InChI=1S/C13H18N6O/c1-3-7-14-13(20)9-15-11-5-4-6-12(8-11)19-10(2)16-17-18-19/h4-6,8,15H,3,7,9H2,1-2H3,(H,14,20). The lowest BCUT2D eigenvalue weighted by atomic mass is 10.2. The summed E-state index contributed by atoms with van der Waals surface area (Å²) in [6.07, 6.45) is 0.930. The van der Waals surface area contributed by atoms with Crippen molar-refractivity contribution in [3.63, 3.8) is 0 Å². The Morgan fingerprint density at radius 3 is 2.95 bits per heavy atom. The van der Waals surface area contributed by atoms with E-state index in [1.807, 2.05) is 38.1 Å². The fraction of sp³-hybridized carbons (Fsp3) is 0.385. The molecule has 0 aliphatic heterocycles. The first-order valence-electron chi connectivity index (χ1n) is 6.56. The third kappa shape index (κ3) is 3.53. The number of hydrogen-bond acceptors (Lipinski definition) is 5. The highest BCUT2D eigenvalue weighted by atomic mass is 16.1. The van der Waals surface area contributed by atoms with Crippen LogP contribution in [0, 0.1) is 6.92 Å². The maximum atomic E-state index is 11.5. The van der Waals surface area contributed by atoms with E-state index in [0.717, 1.165) is 17.8 Å². The molecule has 0 saturated carbocycles. The molecule has 0 radical (unpaired) electrons. The van der Waals surface area contributed by atoms with E-state index in [4.69, 9.17) is 0 Å². The zero-order valence-corrected chi connectivity index (χ0v) is 11.6. The summed E-state index contributed by atoms with van der Waals surface area (Å²) in [4.78, 5) is 11.5. The van der Waals surface area contributed by atoms with Crippen LogP contribution in [0.15, 0.2) is 24.3 Å². The van der Waals surface area contributed by atoms with Crippen molar-refractivity contribution in [1.82, 2.24) is 25.5 Å². The number of nitrogens with one attached hydrogen (secondary N) is 2. The molecule has 2 aromatic rings. The van der Waals surface area contributed by atoms with Gasteiger partial charge < -0.3 is 10.6 Å². The molecule has 1 aromatic heterocycles. The average molecular weight is 274 g/mol. The van der Waals surface area contributed by atoms with Crippen LogP contribution >= 0.6 is 0 Å². The molecule has 0 aliphatic carbocycles. The molecule has 7 nitrogen and oxygen atoms in total. The van der Waals surface area contributed by atoms with E-state index in [1.165, 1.54) is 0 Å². The van der Waals surface area contributed by atoms with E-state index >= 15 is 0 Å². The van der Waals surface area contributed by atoms with Gasteiger partial charge >= 0.3 is 0 Å². The Hall–Kier alpha value is -2.44. The molecule has 2 rings (SSSR count). The van der Waals surface area contributed by atoms with Gasteiger partial charge in [0.25, 0.3) is 0 Å². The molecule has 2 N–H and O–H groups in total. The van der Waals surface area contributed by atoms with Crippen molar-refractivity contribution in [1.29, 1.82) is 0 Å². The summed E-state index contributed by atoms with van der Waals surface area (Å²) >= 11 is 0. The van der Waals surface area contributed by atoms with Gasteiger partial charge in [0.05, 0.1) is 12.2 Å². The lowest BCUT2D eigenvalue weighted by Gasteiger charge is -2.09. The molecule has 1 heterocycles. The number of aromatic nitrogens is 4. The van der Waals surface area contributed by atoms with Crippen LogP contribution in [0.1, 0.15) is 19.2 Å². The van der Waals surface area contributed by atoms with E-state index in [9.17, 15) is 4.79 Å². The third-order valence-electron chi connectivity index (χ3n) is 2.74. The number of benzene rings is 1. The largest absolute Gasteiger partial charge is 0.376 e. The van der Waals surface area contributed by atoms with E-state index in [1.54, 1.807) is 4.68 Å². The van der Waals surface area contributed by atoms with E-state index in [2.05, 4.69) is 26.2 Å². The minimum Gasteiger partial charge on any atom is -0.376 e. The Bertz CT molecular complexity index is 580. The number of amides is 1. The highest BCUT2D eigenvalue weighted by molar-refractivity contribution is 5.80. The zero-order chi connectivity index (χ0) is 14.4.